The van der Waals surface area contributed by atoms with Gasteiger partial charge in [-0.3, -0.25) is 4.79 Å². The number of hydrogen-bond donors (Lipinski definition) is 1. The second-order valence-electron chi connectivity index (χ2n) is 4.00. The van der Waals surface area contributed by atoms with Gasteiger partial charge in [-0.15, -0.1) is 5.10 Å². The van der Waals surface area contributed by atoms with Crippen molar-refractivity contribution in [2.45, 2.75) is 33.2 Å². The zero-order valence-corrected chi connectivity index (χ0v) is 11.1. The average molecular weight is 266 g/mol. The Morgan fingerprint density at radius 3 is 2.94 bits per heavy atom. The first-order valence-electron chi connectivity index (χ1n) is 5.76. The predicted molar refractivity (Wildman–Crippen MR) is 68.8 cm³/mol. The van der Waals surface area contributed by atoms with Crippen LogP contribution in [0.5, 0.6) is 0 Å². The lowest BCUT2D eigenvalue weighted by atomic mass is 10.2. The number of aromatic nitrogens is 4. The van der Waals surface area contributed by atoms with Gasteiger partial charge < -0.3 is 4.42 Å². The molecule has 0 aliphatic rings. The summed E-state index contributed by atoms with van der Waals surface area (Å²) in [6.45, 7) is 4.48. The van der Waals surface area contributed by atoms with Gasteiger partial charge in [-0.2, -0.15) is 5.10 Å². The lowest BCUT2D eigenvalue weighted by Gasteiger charge is -2.06. The van der Waals surface area contributed by atoms with Crippen molar-refractivity contribution in [1.29, 1.82) is 0 Å². The first-order chi connectivity index (χ1) is 8.61. The topological polar surface area (TPSA) is 76.7 Å². The standard InChI is InChI=1S/C11H14N4O2S/c1-3-4-5-15-10(16)8(6-7(2)14-15)9-12-13-11(18)17-9/h6H,3-5H2,1-2H3,(H,13,18). The van der Waals surface area contributed by atoms with Gasteiger partial charge in [0.15, 0.2) is 0 Å². The van der Waals surface area contributed by atoms with Gasteiger partial charge in [0, 0.05) is 6.54 Å². The molecular weight excluding hydrogens is 252 g/mol. The molecule has 0 unspecified atom stereocenters. The Kier molecular flexibility index (Phi) is 3.71. The highest BCUT2D eigenvalue weighted by Gasteiger charge is 2.13. The molecule has 0 radical (unpaired) electrons. The van der Waals surface area contributed by atoms with E-state index in [9.17, 15) is 4.79 Å². The monoisotopic (exact) mass is 266 g/mol. The molecule has 0 amide bonds. The first-order valence-corrected chi connectivity index (χ1v) is 6.17. The summed E-state index contributed by atoms with van der Waals surface area (Å²) >= 11 is 4.80. The summed E-state index contributed by atoms with van der Waals surface area (Å²) in [4.78, 5) is 12.3. The summed E-state index contributed by atoms with van der Waals surface area (Å²) in [5.74, 6) is 0.209. The molecule has 6 nitrogen and oxygen atoms in total. The molecule has 0 fully saturated rings. The Morgan fingerprint density at radius 1 is 1.56 bits per heavy atom. The third kappa shape index (κ3) is 2.56. The molecule has 0 aliphatic heterocycles. The van der Waals surface area contributed by atoms with Gasteiger partial charge in [-0.25, -0.2) is 9.78 Å². The number of rotatable bonds is 4. The summed E-state index contributed by atoms with van der Waals surface area (Å²) in [5, 5.41) is 10.6. The van der Waals surface area contributed by atoms with Gasteiger partial charge in [0.2, 0.25) is 0 Å². The third-order valence-corrected chi connectivity index (χ3v) is 2.66. The van der Waals surface area contributed by atoms with Gasteiger partial charge in [-0.1, -0.05) is 13.3 Å². The van der Waals surface area contributed by atoms with Crippen LogP contribution in [0.25, 0.3) is 11.5 Å². The average Bonchev–Trinajstić information content (AvgIpc) is 2.76. The SMILES string of the molecule is CCCCn1nc(C)cc(-c2n[nH]c(=S)o2)c1=O. The van der Waals surface area contributed by atoms with Crippen LogP contribution in [-0.2, 0) is 6.54 Å². The van der Waals surface area contributed by atoms with Crippen molar-refractivity contribution >= 4 is 12.2 Å². The zero-order valence-electron chi connectivity index (χ0n) is 10.3. The fourth-order valence-electron chi connectivity index (χ4n) is 1.63. The minimum Gasteiger partial charge on any atom is -0.409 e. The minimum atomic E-state index is -0.209. The van der Waals surface area contributed by atoms with E-state index >= 15 is 0 Å². The van der Waals surface area contributed by atoms with Crippen molar-refractivity contribution in [2.24, 2.45) is 0 Å². The maximum atomic E-state index is 12.2. The largest absolute Gasteiger partial charge is 0.409 e. The van der Waals surface area contributed by atoms with Gasteiger partial charge >= 0.3 is 0 Å². The van der Waals surface area contributed by atoms with E-state index in [1.807, 2.05) is 6.92 Å². The fourth-order valence-corrected chi connectivity index (χ4v) is 1.76. The lowest BCUT2D eigenvalue weighted by molar-refractivity contribution is 0.526. The van der Waals surface area contributed by atoms with Crippen molar-refractivity contribution in [1.82, 2.24) is 20.0 Å². The van der Waals surface area contributed by atoms with Crippen LogP contribution in [0.2, 0.25) is 0 Å². The van der Waals surface area contributed by atoms with E-state index in [0.717, 1.165) is 18.5 Å². The van der Waals surface area contributed by atoms with Crippen molar-refractivity contribution < 1.29 is 4.42 Å². The van der Waals surface area contributed by atoms with Crippen LogP contribution in [0, 0.1) is 11.8 Å². The molecule has 0 aromatic carbocycles. The van der Waals surface area contributed by atoms with Crippen molar-refractivity contribution in [2.75, 3.05) is 0 Å². The van der Waals surface area contributed by atoms with Crippen LogP contribution in [0.4, 0.5) is 0 Å². The normalized spacial score (nSPS) is 10.8. The summed E-state index contributed by atoms with van der Waals surface area (Å²) in [6, 6.07) is 1.65. The van der Waals surface area contributed by atoms with Gasteiger partial charge in [-0.05, 0) is 31.6 Å². The smallest absolute Gasteiger partial charge is 0.284 e. The first kappa shape index (κ1) is 12.7. The molecule has 2 aromatic rings. The Labute approximate surface area is 109 Å². The quantitative estimate of drug-likeness (QED) is 0.857. The molecule has 0 bridgehead atoms. The van der Waals surface area contributed by atoms with Gasteiger partial charge in [0.05, 0.1) is 5.69 Å². The van der Waals surface area contributed by atoms with Crippen molar-refractivity contribution in [3.63, 3.8) is 0 Å². The Morgan fingerprint density at radius 2 is 2.33 bits per heavy atom. The highest BCUT2D eigenvalue weighted by Crippen LogP contribution is 2.12. The van der Waals surface area contributed by atoms with Crippen molar-refractivity contribution in [3.8, 4) is 11.5 Å². The molecular formula is C11H14N4O2S. The van der Waals surface area contributed by atoms with Crippen LogP contribution in [0.3, 0.4) is 0 Å². The Balaban J connectivity index is 2.51. The van der Waals surface area contributed by atoms with E-state index in [0.29, 0.717) is 12.1 Å². The number of aryl methyl sites for hydroxylation is 2. The molecule has 2 rings (SSSR count). The van der Waals surface area contributed by atoms with Gasteiger partial charge in [0.25, 0.3) is 16.3 Å². The molecule has 2 heterocycles. The molecule has 0 atom stereocenters. The summed E-state index contributed by atoms with van der Waals surface area (Å²) in [7, 11) is 0. The predicted octanol–water partition coefficient (Wildman–Crippen LogP) is 2.06. The van der Waals surface area contributed by atoms with Gasteiger partial charge in [0.1, 0.15) is 5.56 Å². The molecule has 18 heavy (non-hydrogen) atoms. The summed E-state index contributed by atoms with van der Waals surface area (Å²) in [6.07, 6.45) is 1.90. The number of hydrogen-bond acceptors (Lipinski definition) is 5. The molecule has 0 spiro atoms. The third-order valence-electron chi connectivity index (χ3n) is 2.49. The van der Waals surface area contributed by atoms with Crippen LogP contribution in [0.1, 0.15) is 25.5 Å². The van der Waals surface area contributed by atoms with E-state index in [4.69, 9.17) is 16.6 Å². The van der Waals surface area contributed by atoms with E-state index in [1.165, 1.54) is 4.68 Å². The molecule has 7 heteroatoms. The summed E-state index contributed by atoms with van der Waals surface area (Å²) < 4.78 is 6.62. The molecule has 0 saturated heterocycles. The summed E-state index contributed by atoms with van der Waals surface area (Å²) in [5.41, 5.74) is 0.912. The number of H-pyrrole nitrogens is 1. The molecule has 2 aromatic heterocycles. The second-order valence-corrected chi connectivity index (χ2v) is 4.37. The number of aromatic amines is 1. The Hall–Kier alpha value is -1.76. The van der Waals surface area contributed by atoms with Crippen LogP contribution >= 0.6 is 12.2 Å². The van der Waals surface area contributed by atoms with E-state index < -0.39 is 0 Å². The van der Waals surface area contributed by atoms with Crippen LogP contribution < -0.4 is 5.56 Å². The Bertz CT molecular complexity index is 656. The molecule has 0 aliphatic carbocycles. The number of nitrogens with one attached hydrogen (secondary N) is 1. The molecule has 96 valence electrons. The minimum absolute atomic E-state index is 0.152. The highest BCUT2D eigenvalue weighted by molar-refractivity contribution is 7.71. The maximum absolute atomic E-state index is 12.2. The van der Waals surface area contributed by atoms with Crippen LogP contribution in [0.15, 0.2) is 15.3 Å². The molecule has 1 N–H and O–H groups in total. The maximum Gasteiger partial charge on any atom is 0.284 e. The van der Waals surface area contributed by atoms with Crippen LogP contribution in [-0.4, -0.2) is 20.0 Å². The number of unbranched alkanes of at least 4 members (excludes halogenated alkanes) is 1. The second kappa shape index (κ2) is 5.26. The van der Waals surface area contributed by atoms with E-state index in [1.54, 1.807) is 6.07 Å². The zero-order chi connectivity index (χ0) is 13.1. The van der Waals surface area contributed by atoms with E-state index in [2.05, 4.69) is 22.2 Å². The fraction of sp³-hybridized carbons (Fsp3) is 0.455. The molecule has 0 saturated carbocycles. The lowest BCUT2D eigenvalue weighted by Crippen LogP contribution is -2.25. The van der Waals surface area contributed by atoms with Crippen molar-refractivity contribution in [3.05, 3.63) is 27.0 Å². The number of nitrogens with zero attached hydrogens (tertiary/aromatic N) is 3. The van der Waals surface area contributed by atoms with E-state index in [-0.39, 0.29) is 16.3 Å². The highest BCUT2D eigenvalue weighted by atomic mass is 32.1.